The maximum atomic E-state index is 12.2. The van der Waals surface area contributed by atoms with Crippen LogP contribution in [0, 0.1) is 0 Å². The lowest BCUT2D eigenvalue weighted by Gasteiger charge is -2.23. The zero-order valence-corrected chi connectivity index (χ0v) is 9.90. The van der Waals surface area contributed by atoms with Crippen molar-refractivity contribution >= 4 is 17.3 Å². The fraction of sp³-hybridized carbons (Fsp3) is 0.400. The van der Waals surface area contributed by atoms with Gasteiger partial charge in [0.05, 0.1) is 6.61 Å². The van der Waals surface area contributed by atoms with Gasteiger partial charge in [0.25, 0.3) is 0 Å². The van der Waals surface area contributed by atoms with Crippen LogP contribution >= 0.6 is 11.6 Å². The van der Waals surface area contributed by atoms with Crippen molar-refractivity contribution in [1.29, 1.82) is 0 Å². The minimum Gasteiger partial charge on any atom is -0.398 e. The Kier molecular flexibility index (Phi) is 4.57. The summed E-state index contributed by atoms with van der Waals surface area (Å²) in [5.41, 5.74) is 5.34. The summed E-state index contributed by atoms with van der Waals surface area (Å²) < 4.78 is 77.1. The van der Waals surface area contributed by atoms with Gasteiger partial charge in [0, 0.05) is 16.3 Å². The van der Waals surface area contributed by atoms with E-state index in [-0.39, 0.29) is 16.3 Å². The Morgan fingerprint density at radius 3 is 2.11 bits per heavy atom. The predicted octanol–water partition coefficient (Wildman–Crippen LogP) is 3.93. The molecule has 1 rings (SSSR count). The summed E-state index contributed by atoms with van der Waals surface area (Å²) in [6, 6.07) is 3.75. The minimum atomic E-state index is -5.55. The molecular weight excluding hydrogens is 300 g/mol. The van der Waals surface area contributed by atoms with Crippen molar-refractivity contribution in [2.45, 2.75) is 25.1 Å². The van der Waals surface area contributed by atoms with E-state index in [0.29, 0.717) is 0 Å². The number of hydrogen-bond donors (Lipinski definition) is 1. The Balaban J connectivity index is 2.86. The molecule has 19 heavy (non-hydrogen) atoms. The fourth-order valence-corrected chi connectivity index (χ4v) is 1.44. The summed E-state index contributed by atoms with van der Waals surface area (Å²) in [5, 5.41) is 0.128. The Bertz CT molecular complexity index is 431. The standard InChI is InChI=1S/C10H8ClF6NO/c11-6-1-2-7(18)5(3-6)4-19-8(9(12,13)14)10(15,16)17/h1-3,8H,4,18H2. The number of halogens is 7. The summed E-state index contributed by atoms with van der Waals surface area (Å²) in [6.07, 6.45) is -15.0. The maximum absolute atomic E-state index is 12.2. The van der Waals surface area contributed by atoms with Crippen LogP contribution in [-0.2, 0) is 11.3 Å². The van der Waals surface area contributed by atoms with E-state index in [1.54, 1.807) is 0 Å². The summed E-state index contributed by atoms with van der Waals surface area (Å²) in [7, 11) is 0. The molecule has 1 aromatic carbocycles. The van der Waals surface area contributed by atoms with Crippen LogP contribution in [0.5, 0.6) is 0 Å². The van der Waals surface area contributed by atoms with Crippen molar-refractivity contribution in [3.05, 3.63) is 28.8 Å². The van der Waals surface area contributed by atoms with Crippen molar-refractivity contribution < 1.29 is 31.1 Å². The molecule has 0 aliphatic rings. The molecule has 0 bridgehead atoms. The van der Waals surface area contributed by atoms with E-state index in [9.17, 15) is 26.3 Å². The van der Waals surface area contributed by atoms with Gasteiger partial charge < -0.3 is 10.5 Å². The fourth-order valence-electron chi connectivity index (χ4n) is 1.25. The Morgan fingerprint density at radius 1 is 1.11 bits per heavy atom. The lowest BCUT2D eigenvalue weighted by atomic mass is 10.2. The third kappa shape index (κ3) is 4.46. The van der Waals surface area contributed by atoms with Gasteiger partial charge in [-0.3, -0.25) is 0 Å². The van der Waals surface area contributed by atoms with Crippen LogP contribution in [0.3, 0.4) is 0 Å². The van der Waals surface area contributed by atoms with Crippen LogP contribution in [0.2, 0.25) is 5.02 Å². The summed E-state index contributed by atoms with van der Waals surface area (Å²) >= 11 is 5.56. The number of nitrogens with two attached hydrogens (primary N) is 1. The molecule has 0 fully saturated rings. The van der Waals surface area contributed by atoms with Gasteiger partial charge in [0.1, 0.15) is 0 Å². The Hall–Kier alpha value is -1.15. The number of hydrogen-bond acceptors (Lipinski definition) is 2. The van der Waals surface area contributed by atoms with Crippen LogP contribution in [0.1, 0.15) is 5.56 Å². The zero-order valence-electron chi connectivity index (χ0n) is 9.15. The second kappa shape index (κ2) is 5.46. The lowest BCUT2D eigenvalue weighted by molar-refractivity contribution is -0.324. The first-order valence-electron chi connectivity index (χ1n) is 4.80. The highest BCUT2D eigenvalue weighted by Crippen LogP contribution is 2.36. The van der Waals surface area contributed by atoms with E-state index in [1.165, 1.54) is 12.1 Å². The molecule has 0 aliphatic carbocycles. The van der Waals surface area contributed by atoms with Gasteiger partial charge in [0.15, 0.2) is 0 Å². The Morgan fingerprint density at radius 2 is 1.63 bits per heavy atom. The molecule has 0 saturated carbocycles. The van der Waals surface area contributed by atoms with Gasteiger partial charge >= 0.3 is 12.4 Å². The molecule has 0 saturated heterocycles. The van der Waals surface area contributed by atoms with Gasteiger partial charge in [-0.25, -0.2) is 0 Å². The van der Waals surface area contributed by atoms with Crippen molar-refractivity contribution in [1.82, 2.24) is 0 Å². The highest BCUT2D eigenvalue weighted by molar-refractivity contribution is 6.30. The molecule has 0 spiro atoms. The van der Waals surface area contributed by atoms with Gasteiger partial charge in [-0.15, -0.1) is 0 Å². The van der Waals surface area contributed by atoms with E-state index >= 15 is 0 Å². The predicted molar refractivity (Wildman–Crippen MR) is 56.6 cm³/mol. The number of nitrogen functional groups attached to an aromatic ring is 1. The van der Waals surface area contributed by atoms with Crippen LogP contribution in [0.15, 0.2) is 18.2 Å². The van der Waals surface area contributed by atoms with Gasteiger partial charge in [-0.05, 0) is 18.2 Å². The van der Waals surface area contributed by atoms with E-state index in [1.807, 2.05) is 0 Å². The van der Waals surface area contributed by atoms with Crippen molar-refractivity contribution in [3.8, 4) is 0 Å². The molecule has 108 valence electrons. The summed E-state index contributed by atoms with van der Waals surface area (Å²) in [4.78, 5) is 0. The molecule has 0 heterocycles. The van der Waals surface area contributed by atoms with Crippen LogP contribution in [0.25, 0.3) is 0 Å². The zero-order chi connectivity index (χ0) is 14.8. The average Bonchev–Trinajstić information content (AvgIpc) is 2.19. The highest BCUT2D eigenvalue weighted by atomic mass is 35.5. The minimum absolute atomic E-state index is 0.00695. The van der Waals surface area contributed by atoms with E-state index in [0.717, 1.165) is 6.07 Å². The third-order valence-corrected chi connectivity index (χ3v) is 2.34. The first-order valence-corrected chi connectivity index (χ1v) is 5.18. The van der Waals surface area contributed by atoms with Crippen LogP contribution in [0.4, 0.5) is 32.0 Å². The monoisotopic (exact) mass is 307 g/mol. The molecule has 9 heteroatoms. The van der Waals surface area contributed by atoms with Gasteiger partial charge in [0.2, 0.25) is 6.10 Å². The molecular formula is C10H8ClF6NO. The number of rotatable bonds is 3. The number of alkyl halides is 6. The Labute approximate surface area is 109 Å². The first-order chi connectivity index (χ1) is 8.51. The number of ether oxygens (including phenoxy) is 1. The number of anilines is 1. The molecule has 0 amide bonds. The highest BCUT2D eigenvalue weighted by Gasteiger charge is 2.57. The van der Waals surface area contributed by atoms with Crippen molar-refractivity contribution in [2.24, 2.45) is 0 Å². The summed E-state index contributed by atoms with van der Waals surface area (Å²) in [6.45, 7) is -0.948. The average molecular weight is 308 g/mol. The maximum Gasteiger partial charge on any atom is 0.423 e. The van der Waals surface area contributed by atoms with Crippen LogP contribution < -0.4 is 5.73 Å². The molecule has 2 N–H and O–H groups in total. The number of benzene rings is 1. The van der Waals surface area contributed by atoms with E-state index in [4.69, 9.17) is 17.3 Å². The molecule has 2 nitrogen and oxygen atoms in total. The molecule has 0 unspecified atom stereocenters. The quantitative estimate of drug-likeness (QED) is 0.678. The first kappa shape index (κ1) is 15.9. The lowest BCUT2D eigenvalue weighted by Crippen LogP contribution is -2.44. The topological polar surface area (TPSA) is 35.2 Å². The van der Waals surface area contributed by atoms with E-state index < -0.39 is 25.1 Å². The molecule has 0 radical (unpaired) electrons. The second-order valence-corrected chi connectivity index (χ2v) is 4.05. The summed E-state index contributed by atoms with van der Waals surface area (Å²) in [5.74, 6) is 0. The molecule has 0 atom stereocenters. The third-order valence-electron chi connectivity index (χ3n) is 2.11. The largest absolute Gasteiger partial charge is 0.423 e. The van der Waals surface area contributed by atoms with Crippen molar-refractivity contribution in [2.75, 3.05) is 5.73 Å². The van der Waals surface area contributed by atoms with E-state index in [2.05, 4.69) is 4.74 Å². The SMILES string of the molecule is Nc1ccc(Cl)cc1COC(C(F)(F)F)C(F)(F)F. The van der Waals surface area contributed by atoms with Gasteiger partial charge in [-0.1, -0.05) is 11.6 Å². The second-order valence-electron chi connectivity index (χ2n) is 3.62. The molecule has 0 aromatic heterocycles. The van der Waals surface area contributed by atoms with Crippen LogP contribution in [-0.4, -0.2) is 18.5 Å². The van der Waals surface area contributed by atoms with Gasteiger partial charge in [-0.2, -0.15) is 26.3 Å². The molecule has 0 aliphatic heterocycles. The smallest absolute Gasteiger partial charge is 0.398 e. The normalized spacial score (nSPS) is 13.1. The van der Waals surface area contributed by atoms with Crippen molar-refractivity contribution in [3.63, 3.8) is 0 Å². The molecule has 1 aromatic rings.